The highest BCUT2D eigenvalue weighted by Crippen LogP contribution is 2.19. The van der Waals surface area contributed by atoms with Gasteiger partial charge < -0.3 is 10.0 Å². The number of amides is 1. The van der Waals surface area contributed by atoms with Crippen LogP contribution in [0.1, 0.15) is 34.8 Å². The fourth-order valence-corrected chi connectivity index (χ4v) is 2.72. The number of pyridine rings is 1. The Morgan fingerprint density at radius 3 is 3.04 bits per heavy atom. The summed E-state index contributed by atoms with van der Waals surface area (Å²) in [5.41, 5.74) is 2.64. The summed E-state index contributed by atoms with van der Waals surface area (Å²) in [6, 6.07) is 5.23. The van der Waals surface area contributed by atoms with Crippen LogP contribution in [0.5, 0.6) is 0 Å². The molecule has 118 valence electrons. The molecule has 4 heterocycles. The molecule has 3 aromatic heterocycles. The van der Waals surface area contributed by atoms with Crippen LogP contribution in [0.4, 0.5) is 0 Å². The first kappa shape index (κ1) is 13.8. The number of fused-ring (bicyclic) bond motifs is 2. The average Bonchev–Trinajstić information content (AvgIpc) is 3.19. The Labute approximate surface area is 131 Å². The number of carbonyl (C=O) groups excluding carboxylic acids is 1. The van der Waals surface area contributed by atoms with Crippen LogP contribution in [0.25, 0.3) is 5.65 Å². The maximum Gasteiger partial charge on any atom is 0.254 e. The highest BCUT2D eigenvalue weighted by Gasteiger charge is 2.24. The summed E-state index contributed by atoms with van der Waals surface area (Å²) in [5.74, 6) is -0.0680. The van der Waals surface area contributed by atoms with E-state index in [1.807, 2.05) is 10.7 Å². The van der Waals surface area contributed by atoms with E-state index >= 15 is 0 Å². The number of aliphatic hydroxyl groups is 1. The summed E-state index contributed by atoms with van der Waals surface area (Å²) in [6.45, 7) is 3.33. The SMILES string of the molecule is CC(O)c1cc2n(n1)CCN(C(=O)c1ccn3nnnc3c1)C2. The van der Waals surface area contributed by atoms with Crippen molar-refractivity contribution < 1.29 is 9.90 Å². The minimum atomic E-state index is -0.611. The number of aromatic nitrogens is 6. The molecular formula is C14H15N7O2. The number of aliphatic hydroxyl groups excluding tert-OH is 1. The first-order chi connectivity index (χ1) is 11.1. The number of hydrogen-bond acceptors (Lipinski definition) is 6. The third-order valence-electron chi connectivity index (χ3n) is 3.98. The number of tetrazole rings is 1. The first-order valence-corrected chi connectivity index (χ1v) is 7.33. The molecule has 1 aliphatic heterocycles. The molecule has 9 nitrogen and oxygen atoms in total. The molecule has 23 heavy (non-hydrogen) atoms. The average molecular weight is 313 g/mol. The molecule has 0 bridgehead atoms. The maximum atomic E-state index is 12.7. The molecule has 0 spiro atoms. The van der Waals surface area contributed by atoms with Gasteiger partial charge in [0.15, 0.2) is 5.65 Å². The number of hydrogen-bond donors (Lipinski definition) is 1. The number of carbonyl (C=O) groups is 1. The Morgan fingerprint density at radius 1 is 1.35 bits per heavy atom. The van der Waals surface area contributed by atoms with Crippen LogP contribution < -0.4 is 0 Å². The van der Waals surface area contributed by atoms with Gasteiger partial charge in [0.2, 0.25) is 0 Å². The molecule has 0 radical (unpaired) electrons. The van der Waals surface area contributed by atoms with E-state index in [4.69, 9.17) is 0 Å². The third kappa shape index (κ3) is 2.34. The summed E-state index contributed by atoms with van der Waals surface area (Å²) in [5, 5.41) is 25.2. The van der Waals surface area contributed by atoms with Gasteiger partial charge in [-0.25, -0.2) is 4.52 Å². The molecule has 0 aliphatic carbocycles. The fourth-order valence-electron chi connectivity index (χ4n) is 2.72. The molecule has 0 saturated heterocycles. The monoisotopic (exact) mass is 313 g/mol. The van der Waals surface area contributed by atoms with E-state index in [0.29, 0.717) is 36.5 Å². The molecule has 0 saturated carbocycles. The standard InChI is InChI=1S/C14H15N7O2/c1-9(22)12-7-11-8-19(4-5-20(11)16-12)14(23)10-2-3-21-13(6-10)15-17-18-21/h2-3,6-7,9,22H,4-5,8H2,1H3. The van der Waals surface area contributed by atoms with Gasteiger partial charge in [-0.1, -0.05) is 0 Å². The van der Waals surface area contributed by atoms with Gasteiger partial charge in [0.05, 0.1) is 30.6 Å². The van der Waals surface area contributed by atoms with Crippen LogP contribution >= 0.6 is 0 Å². The maximum absolute atomic E-state index is 12.7. The van der Waals surface area contributed by atoms with Crippen molar-refractivity contribution in [3.05, 3.63) is 41.3 Å². The van der Waals surface area contributed by atoms with Crippen molar-refractivity contribution in [1.82, 2.24) is 34.7 Å². The van der Waals surface area contributed by atoms with E-state index in [-0.39, 0.29) is 5.91 Å². The molecule has 1 amide bonds. The topological polar surface area (TPSA) is 101 Å². The Bertz CT molecular complexity index is 882. The highest BCUT2D eigenvalue weighted by atomic mass is 16.3. The Hall–Kier alpha value is -2.81. The number of nitrogens with zero attached hydrogens (tertiary/aromatic N) is 7. The molecule has 9 heteroatoms. The third-order valence-corrected chi connectivity index (χ3v) is 3.98. The van der Waals surface area contributed by atoms with Crippen molar-refractivity contribution in [2.45, 2.75) is 26.1 Å². The number of rotatable bonds is 2. The first-order valence-electron chi connectivity index (χ1n) is 7.33. The van der Waals surface area contributed by atoms with E-state index < -0.39 is 6.10 Å². The van der Waals surface area contributed by atoms with E-state index in [2.05, 4.69) is 20.6 Å². The van der Waals surface area contributed by atoms with Gasteiger partial charge in [-0.05, 0) is 35.5 Å². The Kier molecular flexibility index (Phi) is 3.08. The quantitative estimate of drug-likeness (QED) is 0.716. The van der Waals surface area contributed by atoms with Gasteiger partial charge in [-0.2, -0.15) is 5.10 Å². The van der Waals surface area contributed by atoms with Crippen molar-refractivity contribution in [2.24, 2.45) is 0 Å². The molecule has 1 atom stereocenters. The summed E-state index contributed by atoms with van der Waals surface area (Å²) < 4.78 is 3.36. The molecule has 0 fully saturated rings. The summed E-state index contributed by atoms with van der Waals surface area (Å²) >= 11 is 0. The molecule has 0 aromatic carbocycles. The molecule has 1 unspecified atom stereocenters. The van der Waals surface area contributed by atoms with Crippen LogP contribution in [0.15, 0.2) is 24.4 Å². The largest absolute Gasteiger partial charge is 0.387 e. The van der Waals surface area contributed by atoms with Crippen molar-refractivity contribution in [2.75, 3.05) is 6.54 Å². The van der Waals surface area contributed by atoms with Gasteiger partial charge in [-0.15, -0.1) is 5.10 Å². The Morgan fingerprint density at radius 2 is 2.22 bits per heavy atom. The summed E-state index contributed by atoms with van der Waals surface area (Å²) in [4.78, 5) is 14.4. The van der Waals surface area contributed by atoms with Crippen LogP contribution in [-0.4, -0.2) is 52.3 Å². The second-order valence-electron chi connectivity index (χ2n) is 5.58. The molecular weight excluding hydrogens is 298 g/mol. The van der Waals surface area contributed by atoms with Crippen LogP contribution in [0, 0.1) is 0 Å². The lowest BCUT2D eigenvalue weighted by Crippen LogP contribution is -2.38. The van der Waals surface area contributed by atoms with Gasteiger partial charge in [0.25, 0.3) is 5.91 Å². The highest BCUT2D eigenvalue weighted by molar-refractivity contribution is 5.95. The lowest BCUT2D eigenvalue weighted by Gasteiger charge is -2.27. The smallest absolute Gasteiger partial charge is 0.254 e. The second kappa shape index (κ2) is 5.13. The molecule has 4 rings (SSSR count). The van der Waals surface area contributed by atoms with Gasteiger partial charge in [0, 0.05) is 18.3 Å². The van der Waals surface area contributed by atoms with Crippen molar-refractivity contribution in [3.63, 3.8) is 0 Å². The molecule has 3 aromatic rings. The normalized spacial score (nSPS) is 15.7. The van der Waals surface area contributed by atoms with E-state index in [9.17, 15) is 9.90 Å². The van der Waals surface area contributed by atoms with Crippen LogP contribution in [0.3, 0.4) is 0 Å². The van der Waals surface area contributed by atoms with E-state index in [1.54, 1.807) is 30.2 Å². The summed E-state index contributed by atoms with van der Waals surface area (Å²) in [6.07, 6.45) is 1.06. The fraction of sp³-hybridized carbons (Fsp3) is 0.357. The predicted molar refractivity (Wildman–Crippen MR) is 78.4 cm³/mol. The lowest BCUT2D eigenvalue weighted by atomic mass is 10.2. The Balaban J connectivity index is 1.59. The van der Waals surface area contributed by atoms with Gasteiger partial charge >= 0.3 is 0 Å². The van der Waals surface area contributed by atoms with Crippen LogP contribution in [-0.2, 0) is 13.1 Å². The minimum absolute atomic E-state index is 0.0680. The summed E-state index contributed by atoms with van der Waals surface area (Å²) in [7, 11) is 0. The zero-order chi connectivity index (χ0) is 16.0. The van der Waals surface area contributed by atoms with Crippen molar-refractivity contribution in [3.8, 4) is 0 Å². The van der Waals surface area contributed by atoms with Crippen molar-refractivity contribution in [1.29, 1.82) is 0 Å². The minimum Gasteiger partial charge on any atom is -0.387 e. The van der Waals surface area contributed by atoms with Gasteiger partial charge in [0.1, 0.15) is 0 Å². The van der Waals surface area contributed by atoms with Gasteiger partial charge in [-0.3, -0.25) is 9.48 Å². The lowest BCUT2D eigenvalue weighted by molar-refractivity contribution is 0.0705. The predicted octanol–water partition coefficient (Wildman–Crippen LogP) is 0.0301. The van der Waals surface area contributed by atoms with Crippen LogP contribution in [0.2, 0.25) is 0 Å². The molecule has 1 N–H and O–H groups in total. The zero-order valence-electron chi connectivity index (χ0n) is 12.5. The van der Waals surface area contributed by atoms with E-state index in [0.717, 1.165) is 5.69 Å². The van der Waals surface area contributed by atoms with Crippen molar-refractivity contribution >= 4 is 11.6 Å². The second-order valence-corrected chi connectivity index (χ2v) is 5.58. The zero-order valence-corrected chi connectivity index (χ0v) is 12.5. The molecule has 1 aliphatic rings. The van der Waals surface area contributed by atoms with E-state index in [1.165, 1.54) is 4.52 Å².